The number of aliphatic hydroxyl groups excluding tert-OH is 1. The Morgan fingerprint density at radius 1 is 1.14 bits per heavy atom. The lowest BCUT2D eigenvalue weighted by molar-refractivity contribution is -0.137. The molecule has 0 radical (unpaired) electrons. The van der Waals surface area contributed by atoms with Gasteiger partial charge in [0.2, 0.25) is 0 Å². The minimum atomic E-state index is -0.793. The van der Waals surface area contributed by atoms with Crippen molar-refractivity contribution < 1.29 is 15.0 Å². The number of pyridine rings is 1. The van der Waals surface area contributed by atoms with Crippen molar-refractivity contribution in [2.45, 2.75) is 19.3 Å². The molecule has 4 heteroatoms. The van der Waals surface area contributed by atoms with E-state index in [2.05, 4.69) is 4.98 Å². The van der Waals surface area contributed by atoms with Crippen molar-refractivity contribution in [1.82, 2.24) is 4.98 Å². The summed E-state index contributed by atoms with van der Waals surface area (Å²) in [6.07, 6.45) is 4.83. The first kappa shape index (κ1) is 12.6. The van der Waals surface area contributed by atoms with Gasteiger partial charge in [0, 0.05) is 25.4 Å². The number of hydrogen-bond acceptors (Lipinski definition) is 3. The maximum absolute atomic E-state index is 9.79. The van der Waals surface area contributed by atoms with E-state index in [0.717, 1.165) is 0 Å². The molecule has 0 saturated heterocycles. The standard InChI is InChI=1S/C5H5N.C5H10O3/c1-2-4-6-5-3-1;6-4-2-1-3-5(7)8/h1-5H;6H,1-4H2,(H,7,8). The predicted molar refractivity (Wildman–Crippen MR) is 52.8 cm³/mol. The van der Waals surface area contributed by atoms with Gasteiger partial charge in [-0.3, -0.25) is 9.78 Å². The number of nitrogens with zero attached hydrogens (tertiary/aromatic N) is 1. The van der Waals surface area contributed by atoms with Crippen LogP contribution in [0.4, 0.5) is 0 Å². The molecule has 78 valence electrons. The topological polar surface area (TPSA) is 70.4 Å². The average Bonchev–Trinajstić information content (AvgIpc) is 2.21. The highest BCUT2D eigenvalue weighted by atomic mass is 16.4. The lowest BCUT2D eigenvalue weighted by atomic mass is 10.2. The molecule has 0 unspecified atom stereocenters. The average molecular weight is 197 g/mol. The summed E-state index contributed by atoms with van der Waals surface area (Å²) in [6.45, 7) is 0.0906. The number of carboxylic acids is 1. The maximum Gasteiger partial charge on any atom is 0.303 e. The highest BCUT2D eigenvalue weighted by molar-refractivity contribution is 5.66. The van der Waals surface area contributed by atoms with Crippen LogP contribution in [0.25, 0.3) is 0 Å². The van der Waals surface area contributed by atoms with Crippen molar-refractivity contribution in [1.29, 1.82) is 0 Å². The molecule has 0 fully saturated rings. The minimum Gasteiger partial charge on any atom is -0.481 e. The molecule has 2 N–H and O–H groups in total. The highest BCUT2D eigenvalue weighted by Crippen LogP contribution is 1.92. The molecule has 0 bridgehead atoms. The fraction of sp³-hybridized carbons (Fsp3) is 0.400. The maximum atomic E-state index is 9.79. The lowest BCUT2D eigenvalue weighted by Gasteiger charge is -1.89. The Kier molecular flexibility index (Phi) is 8.69. The van der Waals surface area contributed by atoms with Crippen molar-refractivity contribution in [2.75, 3.05) is 6.61 Å². The second kappa shape index (κ2) is 9.67. The highest BCUT2D eigenvalue weighted by Gasteiger charge is 1.93. The second-order valence-electron chi connectivity index (χ2n) is 2.60. The summed E-state index contributed by atoms with van der Waals surface area (Å²) in [4.78, 5) is 13.6. The third-order valence-corrected chi connectivity index (χ3v) is 1.37. The van der Waals surface area contributed by atoms with Gasteiger partial charge in [0.25, 0.3) is 0 Å². The molecule has 0 atom stereocenters. The van der Waals surface area contributed by atoms with Crippen LogP contribution in [-0.4, -0.2) is 27.8 Å². The van der Waals surface area contributed by atoms with Crippen LogP contribution in [0.2, 0.25) is 0 Å². The Morgan fingerprint density at radius 2 is 1.79 bits per heavy atom. The number of unbranched alkanes of at least 4 members (excludes halogenated alkanes) is 1. The first-order valence-electron chi connectivity index (χ1n) is 4.45. The van der Waals surface area contributed by atoms with Gasteiger partial charge in [-0.1, -0.05) is 6.07 Å². The Morgan fingerprint density at radius 3 is 2.07 bits per heavy atom. The monoisotopic (exact) mass is 197 g/mol. The van der Waals surface area contributed by atoms with Crippen LogP contribution in [0.3, 0.4) is 0 Å². The van der Waals surface area contributed by atoms with Crippen LogP contribution in [-0.2, 0) is 4.79 Å². The number of rotatable bonds is 4. The summed E-state index contributed by atoms with van der Waals surface area (Å²) in [5, 5.41) is 16.2. The molecule has 1 aromatic heterocycles. The smallest absolute Gasteiger partial charge is 0.303 e. The Balaban J connectivity index is 0.000000249. The molecule has 0 aliphatic heterocycles. The molecular formula is C10H15NO3. The van der Waals surface area contributed by atoms with E-state index in [1.54, 1.807) is 12.4 Å². The van der Waals surface area contributed by atoms with Crippen molar-refractivity contribution >= 4 is 5.97 Å². The summed E-state index contributed by atoms with van der Waals surface area (Å²) >= 11 is 0. The van der Waals surface area contributed by atoms with Crippen molar-refractivity contribution in [2.24, 2.45) is 0 Å². The summed E-state index contributed by atoms with van der Waals surface area (Å²) in [7, 11) is 0. The molecule has 1 heterocycles. The zero-order valence-electron chi connectivity index (χ0n) is 7.97. The van der Waals surface area contributed by atoms with E-state index in [1.807, 2.05) is 18.2 Å². The van der Waals surface area contributed by atoms with Crippen molar-refractivity contribution in [3.63, 3.8) is 0 Å². The predicted octanol–water partition coefficient (Wildman–Crippen LogP) is 1.32. The van der Waals surface area contributed by atoms with Gasteiger partial charge in [-0.25, -0.2) is 0 Å². The Bertz CT molecular complexity index is 199. The molecule has 4 nitrogen and oxygen atoms in total. The number of aliphatic carboxylic acids is 1. The quantitative estimate of drug-likeness (QED) is 0.714. The number of carbonyl (C=O) groups is 1. The first-order valence-corrected chi connectivity index (χ1v) is 4.45. The number of aliphatic hydroxyl groups is 1. The molecule has 0 aliphatic carbocycles. The molecule has 0 aliphatic rings. The summed E-state index contributed by atoms with van der Waals surface area (Å²) < 4.78 is 0. The van der Waals surface area contributed by atoms with Crippen molar-refractivity contribution in [3.05, 3.63) is 30.6 Å². The number of carboxylic acid groups (broad SMARTS) is 1. The van der Waals surface area contributed by atoms with Gasteiger partial charge in [-0.2, -0.15) is 0 Å². The largest absolute Gasteiger partial charge is 0.481 e. The van der Waals surface area contributed by atoms with E-state index in [-0.39, 0.29) is 13.0 Å². The van der Waals surface area contributed by atoms with Crippen LogP contribution < -0.4 is 0 Å². The fourth-order valence-corrected chi connectivity index (χ4v) is 0.701. The third-order valence-electron chi connectivity index (χ3n) is 1.37. The number of aromatic nitrogens is 1. The summed E-state index contributed by atoms with van der Waals surface area (Å²) in [5.41, 5.74) is 0. The van der Waals surface area contributed by atoms with E-state index in [0.29, 0.717) is 12.8 Å². The van der Waals surface area contributed by atoms with Crippen LogP contribution >= 0.6 is 0 Å². The molecule has 0 spiro atoms. The number of hydrogen-bond donors (Lipinski definition) is 2. The van der Waals surface area contributed by atoms with E-state index in [4.69, 9.17) is 10.2 Å². The lowest BCUT2D eigenvalue weighted by Crippen LogP contribution is -1.94. The molecule has 14 heavy (non-hydrogen) atoms. The van der Waals surface area contributed by atoms with Gasteiger partial charge >= 0.3 is 5.97 Å². The summed E-state index contributed by atoms with van der Waals surface area (Å²) in [6, 6.07) is 5.72. The van der Waals surface area contributed by atoms with Gasteiger partial charge in [-0.05, 0) is 25.0 Å². The van der Waals surface area contributed by atoms with Crippen LogP contribution in [0.1, 0.15) is 19.3 Å². The van der Waals surface area contributed by atoms with Crippen LogP contribution in [0, 0.1) is 0 Å². The third kappa shape index (κ3) is 10.6. The van der Waals surface area contributed by atoms with E-state index < -0.39 is 5.97 Å². The SMILES string of the molecule is O=C(O)CCCCO.c1ccncc1. The van der Waals surface area contributed by atoms with Crippen molar-refractivity contribution in [3.8, 4) is 0 Å². The molecule has 0 aromatic carbocycles. The first-order chi connectivity index (χ1) is 6.77. The Hall–Kier alpha value is -1.42. The fourth-order valence-electron chi connectivity index (χ4n) is 0.701. The van der Waals surface area contributed by atoms with Crippen LogP contribution in [0.5, 0.6) is 0 Å². The minimum absolute atomic E-state index is 0.0906. The zero-order valence-corrected chi connectivity index (χ0v) is 7.97. The molecule has 1 rings (SSSR count). The normalized spacial score (nSPS) is 8.64. The van der Waals surface area contributed by atoms with E-state index in [9.17, 15) is 4.79 Å². The molecular weight excluding hydrogens is 182 g/mol. The second-order valence-corrected chi connectivity index (χ2v) is 2.60. The molecule has 0 amide bonds. The Labute approximate surface area is 83.2 Å². The van der Waals surface area contributed by atoms with Gasteiger partial charge in [0.1, 0.15) is 0 Å². The van der Waals surface area contributed by atoms with E-state index >= 15 is 0 Å². The van der Waals surface area contributed by atoms with Crippen LogP contribution in [0.15, 0.2) is 30.6 Å². The van der Waals surface area contributed by atoms with E-state index in [1.165, 1.54) is 0 Å². The van der Waals surface area contributed by atoms with Gasteiger partial charge < -0.3 is 10.2 Å². The zero-order chi connectivity index (χ0) is 10.6. The van der Waals surface area contributed by atoms with Gasteiger partial charge in [-0.15, -0.1) is 0 Å². The molecule has 0 saturated carbocycles. The molecule has 1 aromatic rings. The van der Waals surface area contributed by atoms with Gasteiger partial charge in [0.15, 0.2) is 0 Å². The summed E-state index contributed by atoms with van der Waals surface area (Å²) in [5.74, 6) is -0.793. The van der Waals surface area contributed by atoms with Gasteiger partial charge in [0.05, 0.1) is 0 Å².